The van der Waals surface area contributed by atoms with Crippen LogP contribution in [0.2, 0.25) is 5.02 Å². The van der Waals surface area contributed by atoms with Gasteiger partial charge in [0.15, 0.2) is 6.61 Å². The molecule has 0 spiro atoms. The van der Waals surface area contributed by atoms with E-state index in [1.54, 1.807) is 26.8 Å². The molecule has 0 aromatic heterocycles. The van der Waals surface area contributed by atoms with Gasteiger partial charge in [0.05, 0.1) is 27.9 Å². The number of rotatable bonds is 10. The predicted octanol–water partition coefficient (Wildman–Crippen LogP) is 6.53. The molecule has 9 nitrogen and oxygen atoms in total. The van der Waals surface area contributed by atoms with Gasteiger partial charge in [0, 0.05) is 11.1 Å². The lowest BCUT2D eigenvalue weighted by molar-refractivity contribution is -0.119. The third-order valence-electron chi connectivity index (χ3n) is 7.13. The second-order valence-electron chi connectivity index (χ2n) is 11.7. The molecule has 1 aliphatic carbocycles. The van der Waals surface area contributed by atoms with E-state index < -0.39 is 45.2 Å². The standard InChI is InChI=1S/C29H40ClFN4O5S/c1-18(2)27(19-9-7-6-8-10-19)35(41(38,39)29(3,4)5)25-14-12-21(40-17-26(32)36)16-24(25)34-28(37)33-23-13-11-20(30)15-22(23)31/h11-16,18-19,27H,6-10,17H2,1-5H3,(H2,32,36)(H2,33,34,37). The summed E-state index contributed by atoms with van der Waals surface area (Å²) < 4.78 is 48.7. The van der Waals surface area contributed by atoms with Gasteiger partial charge < -0.3 is 21.1 Å². The summed E-state index contributed by atoms with van der Waals surface area (Å²) >= 11 is 5.83. The number of hydrogen-bond donors (Lipinski definition) is 3. The van der Waals surface area contributed by atoms with Gasteiger partial charge in [-0.2, -0.15) is 0 Å². The van der Waals surface area contributed by atoms with Crippen molar-refractivity contribution in [2.45, 2.75) is 77.5 Å². The van der Waals surface area contributed by atoms with Gasteiger partial charge in [0.1, 0.15) is 11.6 Å². The van der Waals surface area contributed by atoms with Gasteiger partial charge in [0.25, 0.3) is 5.91 Å². The zero-order valence-electron chi connectivity index (χ0n) is 24.2. The van der Waals surface area contributed by atoms with Crippen molar-refractivity contribution in [3.05, 3.63) is 47.2 Å². The fourth-order valence-electron chi connectivity index (χ4n) is 5.15. The molecule has 0 heterocycles. The Morgan fingerprint density at radius 1 is 1.07 bits per heavy atom. The molecule has 3 rings (SSSR count). The predicted molar refractivity (Wildman–Crippen MR) is 162 cm³/mol. The summed E-state index contributed by atoms with van der Waals surface area (Å²) in [6.07, 6.45) is 4.90. The Morgan fingerprint density at radius 3 is 2.27 bits per heavy atom. The van der Waals surface area contributed by atoms with Crippen molar-refractivity contribution in [2.24, 2.45) is 17.6 Å². The van der Waals surface area contributed by atoms with Crippen LogP contribution < -0.4 is 25.4 Å². The molecule has 1 fully saturated rings. The Morgan fingerprint density at radius 2 is 1.71 bits per heavy atom. The van der Waals surface area contributed by atoms with Crippen LogP contribution in [-0.4, -0.2) is 37.8 Å². The largest absolute Gasteiger partial charge is 0.484 e. The van der Waals surface area contributed by atoms with Gasteiger partial charge in [-0.3, -0.25) is 9.10 Å². The molecule has 12 heteroatoms. The van der Waals surface area contributed by atoms with E-state index in [1.807, 2.05) is 13.8 Å². The average molecular weight is 611 g/mol. The van der Waals surface area contributed by atoms with Gasteiger partial charge >= 0.3 is 6.03 Å². The average Bonchev–Trinajstić information content (AvgIpc) is 2.87. The van der Waals surface area contributed by atoms with Crippen molar-refractivity contribution in [2.75, 3.05) is 21.5 Å². The maximum atomic E-state index is 14.4. The summed E-state index contributed by atoms with van der Waals surface area (Å²) in [4.78, 5) is 24.5. The van der Waals surface area contributed by atoms with Crippen molar-refractivity contribution >= 4 is 50.6 Å². The van der Waals surface area contributed by atoms with Crippen molar-refractivity contribution < 1.29 is 27.1 Å². The summed E-state index contributed by atoms with van der Waals surface area (Å²) in [6.45, 7) is 8.50. The number of halogens is 2. The van der Waals surface area contributed by atoms with E-state index in [0.717, 1.165) is 38.2 Å². The molecular weight excluding hydrogens is 571 g/mol. The Bertz CT molecular complexity index is 1360. The monoisotopic (exact) mass is 610 g/mol. The van der Waals surface area contributed by atoms with E-state index in [4.69, 9.17) is 22.1 Å². The van der Waals surface area contributed by atoms with Gasteiger partial charge in [-0.25, -0.2) is 17.6 Å². The number of primary amides is 1. The molecular formula is C29H40ClFN4O5S. The Kier molecular flexibility index (Phi) is 10.5. The third-order valence-corrected chi connectivity index (χ3v) is 9.87. The smallest absolute Gasteiger partial charge is 0.323 e. The van der Waals surface area contributed by atoms with E-state index in [-0.39, 0.29) is 39.7 Å². The minimum Gasteiger partial charge on any atom is -0.484 e. The molecule has 4 N–H and O–H groups in total. The van der Waals surface area contributed by atoms with Gasteiger partial charge in [-0.05, 0) is 75.8 Å². The van der Waals surface area contributed by atoms with E-state index in [0.29, 0.717) is 0 Å². The summed E-state index contributed by atoms with van der Waals surface area (Å²) in [5, 5.41) is 5.28. The summed E-state index contributed by atoms with van der Waals surface area (Å²) in [5.74, 6) is -1.19. The van der Waals surface area contributed by atoms with Crippen molar-refractivity contribution in [1.29, 1.82) is 0 Å². The number of carbonyl (C=O) groups is 2. The van der Waals surface area contributed by atoms with Crippen LogP contribution in [0.3, 0.4) is 0 Å². The zero-order chi connectivity index (χ0) is 30.5. The van der Waals surface area contributed by atoms with E-state index in [9.17, 15) is 22.4 Å². The number of anilines is 3. The molecule has 0 radical (unpaired) electrons. The molecule has 1 saturated carbocycles. The van der Waals surface area contributed by atoms with Crippen LogP contribution in [0, 0.1) is 17.7 Å². The highest BCUT2D eigenvalue weighted by molar-refractivity contribution is 7.94. The van der Waals surface area contributed by atoms with Crippen LogP contribution in [-0.2, 0) is 14.8 Å². The fraction of sp³-hybridized carbons (Fsp3) is 0.517. The lowest BCUT2D eigenvalue weighted by atomic mass is 9.79. The van der Waals surface area contributed by atoms with Crippen LogP contribution in [0.25, 0.3) is 0 Å². The van der Waals surface area contributed by atoms with Gasteiger partial charge in [0.2, 0.25) is 10.0 Å². The molecule has 0 aliphatic heterocycles. The number of urea groups is 1. The molecule has 0 saturated heterocycles. The lowest BCUT2D eigenvalue weighted by Crippen LogP contribution is -2.53. The van der Waals surface area contributed by atoms with E-state index >= 15 is 0 Å². The first-order chi connectivity index (χ1) is 19.1. The Labute approximate surface area is 247 Å². The second-order valence-corrected chi connectivity index (χ2v) is 14.7. The number of nitrogens with two attached hydrogens (primary N) is 1. The molecule has 3 amide bonds. The highest BCUT2D eigenvalue weighted by Gasteiger charge is 2.44. The SMILES string of the molecule is CC(C)C(C1CCCCC1)N(c1ccc(OCC(N)=O)cc1NC(=O)Nc1ccc(Cl)cc1F)S(=O)(=O)C(C)(C)C. The second kappa shape index (κ2) is 13.3. The summed E-state index contributed by atoms with van der Waals surface area (Å²) in [7, 11) is -3.98. The zero-order valence-corrected chi connectivity index (χ0v) is 25.7. The quantitative estimate of drug-likeness (QED) is 0.282. The van der Waals surface area contributed by atoms with Crippen LogP contribution in [0.4, 0.5) is 26.2 Å². The highest BCUT2D eigenvalue weighted by Crippen LogP contribution is 2.42. The van der Waals surface area contributed by atoms with Crippen molar-refractivity contribution in [3.63, 3.8) is 0 Å². The minimum atomic E-state index is -3.98. The lowest BCUT2D eigenvalue weighted by Gasteiger charge is -2.44. The van der Waals surface area contributed by atoms with E-state index in [1.165, 1.54) is 28.6 Å². The van der Waals surface area contributed by atoms with Crippen LogP contribution in [0.15, 0.2) is 36.4 Å². The molecule has 0 bridgehead atoms. The van der Waals surface area contributed by atoms with Crippen LogP contribution in [0.5, 0.6) is 5.75 Å². The highest BCUT2D eigenvalue weighted by atomic mass is 35.5. The number of carbonyl (C=O) groups excluding carboxylic acids is 2. The van der Waals surface area contributed by atoms with Gasteiger partial charge in [-0.15, -0.1) is 0 Å². The molecule has 1 unspecified atom stereocenters. The number of amides is 3. The van der Waals surface area contributed by atoms with Gasteiger partial charge in [-0.1, -0.05) is 44.7 Å². The number of benzene rings is 2. The first kappa shape index (κ1) is 32.5. The number of sulfonamides is 1. The molecule has 41 heavy (non-hydrogen) atoms. The first-order valence-electron chi connectivity index (χ1n) is 13.7. The minimum absolute atomic E-state index is 0.0501. The molecule has 2 aromatic rings. The van der Waals surface area contributed by atoms with E-state index in [2.05, 4.69) is 10.6 Å². The maximum Gasteiger partial charge on any atom is 0.323 e. The fourth-order valence-corrected chi connectivity index (χ4v) is 7.05. The maximum absolute atomic E-state index is 14.4. The third kappa shape index (κ3) is 8.03. The topological polar surface area (TPSA) is 131 Å². The van der Waals surface area contributed by atoms with Crippen molar-refractivity contribution in [3.8, 4) is 5.75 Å². The number of hydrogen-bond acceptors (Lipinski definition) is 5. The molecule has 1 aliphatic rings. The number of nitrogens with one attached hydrogen (secondary N) is 2. The van der Waals surface area contributed by atoms with Crippen LogP contribution >= 0.6 is 11.6 Å². The Hall–Kier alpha value is -3.05. The summed E-state index contributed by atoms with van der Waals surface area (Å²) in [6, 6.07) is 7.12. The molecule has 1 atom stereocenters. The number of ether oxygens (including phenoxy) is 1. The molecule has 2 aromatic carbocycles. The van der Waals surface area contributed by atoms with Crippen LogP contribution in [0.1, 0.15) is 66.7 Å². The summed E-state index contributed by atoms with van der Waals surface area (Å²) in [5.41, 5.74) is 5.46. The normalized spacial score (nSPS) is 15.3. The number of nitrogens with zero attached hydrogens (tertiary/aromatic N) is 1. The van der Waals surface area contributed by atoms with Crippen molar-refractivity contribution in [1.82, 2.24) is 0 Å². The Balaban J connectivity index is 2.15. The molecule has 226 valence electrons. The first-order valence-corrected chi connectivity index (χ1v) is 15.6.